The number of hydrogen-bond acceptors (Lipinski definition) is 9. The monoisotopic (exact) mass is 474 g/mol. The fourth-order valence-corrected chi connectivity index (χ4v) is 3.53. The topological polar surface area (TPSA) is 164 Å². The highest BCUT2D eigenvalue weighted by Crippen LogP contribution is 2.34. The van der Waals surface area contributed by atoms with Gasteiger partial charge in [-0.2, -0.15) is 13.5 Å². The molecule has 0 unspecified atom stereocenters. The van der Waals surface area contributed by atoms with E-state index in [1.54, 1.807) is 26.0 Å². The SMILES string of the molecule is CCON(OCC)c1ccc(N=Nc2ccc(N)c3cc(S(=O)(=O)O)ccc23)cc1C(=O)O. The molecule has 12 heteroatoms. The van der Waals surface area contributed by atoms with Crippen LogP contribution < -0.4 is 11.0 Å². The number of carboxylic acid groups (broad SMARTS) is 1. The van der Waals surface area contributed by atoms with E-state index in [1.165, 1.54) is 36.4 Å². The van der Waals surface area contributed by atoms with E-state index >= 15 is 0 Å². The summed E-state index contributed by atoms with van der Waals surface area (Å²) >= 11 is 0. The maximum Gasteiger partial charge on any atom is 0.338 e. The van der Waals surface area contributed by atoms with Crippen LogP contribution >= 0.6 is 0 Å². The van der Waals surface area contributed by atoms with Gasteiger partial charge in [-0.05, 0) is 56.3 Å². The number of azo groups is 1. The number of anilines is 2. The van der Waals surface area contributed by atoms with E-state index in [2.05, 4.69) is 10.2 Å². The average molecular weight is 474 g/mol. The lowest BCUT2D eigenvalue weighted by atomic mass is 10.1. The highest BCUT2D eigenvalue weighted by atomic mass is 32.2. The van der Waals surface area contributed by atoms with Crippen molar-refractivity contribution in [1.82, 2.24) is 0 Å². The van der Waals surface area contributed by atoms with Gasteiger partial charge in [0.1, 0.15) is 5.69 Å². The Morgan fingerprint density at radius 2 is 1.70 bits per heavy atom. The normalized spacial score (nSPS) is 11.8. The van der Waals surface area contributed by atoms with Crippen LogP contribution in [0.2, 0.25) is 0 Å². The largest absolute Gasteiger partial charge is 0.478 e. The first-order chi connectivity index (χ1) is 15.7. The number of benzene rings is 3. The zero-order valence-electron chi connectivity index (χ0n) is 17.8. The predicted octanol–water partition coefficient (Wildman–Crippen LogP) is 4.49. The maximum absolute atomic E-state index is 11.8. The molecule has 0 spiro atoms. The Morgan fingerprint density at radius 1 is 1.00 bits per heavy atom. The molecule has 3 aromatic rings. The number of aromatic carboxylic acids is 1. The predicted molar refractivity (Wildman–Crippen MR) is 121 cm³/mol. The fourth-order valence-electron chi connectivity index (χ4n) is 3.02. The highest BCUT2D eigenvalue weighted by molar-refractivity contribution is 7.85. The van der Waals surface area contributed by atoms with Gasteiger partial charge in [0.25, 0.3) is 10.1 Å². The number of carboxylic acids is 1. The fraction of sp³-hybridized carbons (Fsp3) is 0.190. The molecule has 0 atom stereocenters. The molecule has 0 radical (unpaired) electrons. The standard InChI is InChI=1S/C21H22N4O7S/c1-3-31-25(32-4-2)20-10-5-13(11-17(20)21(26)27)23-24-19-9-8-18(22)16-12-14(33(28,29)30)6-7-15(16)19/h5-12H,3-4,22H2,1-2H3,(H,26,27)(H,28,29,30). The van der Waals surface area contributed by atoms with Crippen LogP contribution in [0.4, 0.5) is 22.7 Å². The van der Waals surface area contributed by atoms with Crippen molar-refractivity contribution in [3.05, 3.63) is 54.1 Å². The molecule has 11 nitrogen and oxygen atoms in total. The van der Waals surface area contributed by atoms with Crippen LogP contribution in [0.15, 0.2) is 63.7 Å². The first-order valence-electron chi connectivity index (χ1n) is 9.80. The van der Waals surface area contributed by atoms with Gasteiger partial charge < -0.3 is 10.8 Å². The Hall–Kier alpha value is -3.58. The van der Waals surface area contributed by atoms with Gasteiger partial charge in [0, 0.05) is 16.5 Å². The van der Waals surface area contributed by atoms with Gasteiger partial charge in [-0.3, -0.25) is 4.55 Å². The lowest BCUT2D eigenvalue weighted by Gasteiger charge is -2.22. The molecule has 0 heterocycles. The van der Waals surface area contributed by atoms with Crippen molar-refractivity contribution in [3.63, 3.8) is 0 Å². The summed E-state index contributed by atoms with van der Waals surface area (Å²) in [5.41, 5.74) is 6.95. The molecular weight excluding hydrogens is 452 g/mol. The summed E-state index contributed by atoms with van der Waals surface area (Å²) in [5, 5.41) is 19.8. The minimum atomic E-state index is -4.40. The third-order valence-electron chi connectivity index (χ3n) is 4.47. The number of nitrogens with zero attached hydrogens (tertiary/aromatic N) is 3. The van der Waals surface area contributed by atoms with Gasteiger partial charge in [-0.25, -0.2) is 14.5 Å². The number of rotatable bonds is 9. The molecule has 0 bridgehead atoms. The van der Waals surface area contributed by atoms with Crippen LogP contribution in [-0.4, -0.2) is 37.3 Å². The van der Waals surface area contributed by atoms with Gasteiger partial charge in [-0.1, -0.05) is 6.07 Å². The molecule has 0 saturated carbocycles. The van der Waals surface area contributed by atoms with E-state index in [1.807, 2.05) is 0 Å². The smallest absolute Gasteiger partial charge is 0.338 e. The van der Waals surface area contributed by atoms with Crippen LogP contribution in [0.5, 0.6) is 0 Å². The zero-order chi connectivity index (χ0) is 24.2. The summed E-state index contributed by atoms with van der Waals surface area (Å²) in [6, 6.07) is 11.4. The van der Waals surface area contributed by atoms with Gasteiger partial charge in [0.15, 0.2) is 0 Å². The van der Waals surface area contributed by atoms with E-state index < -0.39 is 16.1 Å². The molecule has 0 amide bonds. The van der Waals surface area contributed by atoms with Crippen LogP contribution in [0.1, 0.15) is 24.2 Å². The quantitative estimate of drug-likeness (QED) is 0.175. The molecule has 0 aliphatic heterocycles. The van der Waals surface area contributed by atoms with Gasteiger partial charge in [0.2, 0.25) is 0 Å². The number of nitrogen functional groups attached to an aromatic ring is 1. The van der Waals surface area contributed by atoms with Gasteiger partial charge in [-0.15, -0.1) is 10.3 Å². The van der Waals surface area contributed by atoms with Gasteiger partial charge in [0.05, 0.1) is 35.0 Å². The minimum absolute atomic E-state index is 0.103. The van der Waals surface area contributed by atoms with Crippen molar-refractivity contribution in [3.8, 4) is 0 Å². The maximum atomic E-state index is 11.8. The third-order valence-corrected chi connectivity index (χ3v) is 5.32. The second-order valence-electron chi connectivity index (χ2n) is 6.66. The molecule has 174 valence electrons. The lowest BCUT2D eigenvalue weighted by Crippen LogP contribution is -2.25. The van der Waals surface area contributed by atoms with Crippen molar-refractivity contribution in [1.29, 1.82) is 0 Å². The zero-order valence-corrected chi connectivity index (χ0v) is 18.6. The Bertz CT molecular complexity index is 1320. The Labute approximate surface area is 189 Å². The summed E-state index contributed by atoms with van der Waals surface area (Å²) in [7, 11) is -4.40. The van der Waals surface area contributed by atoms with Crippen molar-refractivity contribution in [2.75, 3.05) is 24.2 Å². The van der Waals surface area contributed by atoms with Crippen LogP contribution in [0.25, 0.3) is 10.8 Å². The molecule has 0 aromatic heterocycles. The van der Waals surface area contributed by atoms with Crippen LogP contribution in [-0.2, 0) is 19.8 Å². The molecular formula is C21H22N4O7S. The van der Waals surface area contributed by atoms with Crippen LogP contribution in [0, 0.1) is 0 Å². The second kappa shape index (κ2) is 9.92. The van der Waals surface area contributed by atoms with E-state index in [0.717, 1.165) is 5.23 Å². The second-order valence-corrected chi connectivity index (χ2v) is 8.08. The summed E-state index contributed by atoms with van der Waals surface area (Å²) in [4.78, 5) is 22.2. The van der Waals surface area contributed by atoms with Crippen molar-refractivity contribution in [2.24, 2.45) is 10.2 Å². The number of nitrogens with two attached hydrogens (primary N) is 1. The molecule has 0 aliphatic carbocycles. The number of carbonyl (C=O) groups is 1. The van der Waals surface area contributed by atoms with Crippen molar-refractivity contribution < 1.29 is 32.5 Å². The Balaban J connectivity index is 2.02. The first-order valence-corrected chi connectivity index (χ1v) is 11.2. The first kappa shape index (κ1) is 24.1. The third kappa shape index (κ3) is 5.43. The lowest BCUT2D eigenvalue weighted by molar-refractivity contribution is -0.0820. The van der Waals surface area contributed by atoms with Gasteiger partial charge >= 0.3 is 5.97 Å². The molecule has 3 rings (SSSR count). The molecule has 0 fully saturated rings. The molecule has 0 saturated heterocycles. The number of hydrogen-bond donors (Lipinski definition) is 3. The molecule has 4 N–H and O–H groups in total. The Kier molecular flexibility index (Phi) is 7.23. The number of fused-ring (bicyclic) bond motifs is 1. The average Bonchev–Trinajstić information content (AvgIpc) is 2.77. The van der Waals surface area contributed by atoms with E-state index in [-0.39, 0.29) is 35.0 Å². The molecule has 33 heavy (non-hydrogen) atoms. The highest BCUT2D eigenvalue weighted by Gasteiger charge is 2.18. The van der Waals surface area contributed by atoms with E-state index in [0.29, 0.717) is 22.1 Å². The van der Waals surface area contributed by atoms with Crippen LogP contribution in [0.3, 0.4) is 0 Å². The van der Waals surface area contributed by atoms with E-state index in [9.17, 15) is 22.9 Å². The van der Waals surface area contributed by atoms with Crippen molar-refractivity contribution in [2.45, 2.75) is 18.7 Å². The Morgan fingerprint density at radius 3 is 2.30 bits per heavy atom. The summed E-state index contributed by atoms with van der Waals surface area (Å²) in [6.45, 7) is 4.02. The molecule has 0 aliphatic rings. The van der Waals surface area contributed by atoms with E-state index in [4.69, 9.17) is 15.4 Å². The molecule has 3 aromatic carbocycles. The summed E-state index contributed by atoms with van der Waals surface area (Å²) < 4.78 is 32.1. The van der Waals surface area contributed by atoms with Crippen molar-refractivity contribution >= 4 is 49.6 Å². The summed E-state index contributed by atoms with van der Waals surface area (Å²) in [6.07, 6.45) is 0. The minimum Gasteiger partial charge on any atom is -0.478 e. The summed E-state index contributed by atoms with van der Waals surface area (Å²) in [5.74, 6) is -1.21.